The van der Waals surface area contributed by atoms with Gasteiger partial charge in [-0.05, 0) is 24.3 Å². The van der Waals surface area contributed by atoms with Gasteiger partial charge in [-0.2, -0.15) is 0 Å². The number of nitrogens with one attached hydrogen (secondary N) is 1. The van der Waals surface area contributed by atoms with E-state index in [2.05, 4.69) is 5.32 Å². The van der Waals surface area contributed by atoms with Crippen LogP contribution in [0.3, 0.4) is 0 Å². The van der Waals surface area contributed by atoms with Crippen LogP contribution in [0.2, 0.25) is 0 Å². The molecular weight excluding hydrogens is 278 g/mol. The zero-order valence-electron chi connectivity index (χ0n) is 12.2. The lowest BCUT2D eigenvalue weighted by molar-refractivity contribution is -0.313. The van der Waals surface area contributed by atoms with Gasteiger partial charge in [-0.3, -0.25) is 4.79 Å². The van der Waals surface area contributed by atoms with E-state index in [1.165, 1.54) is 0 Å². The zero-order chi connectivity index (χ0) is 15.5. The lowest BCUT2D eigenvalue weighted by Crippen LogP contribution is -2.42. The molecule has 4 nitrogen and oxygen atoms in total. The molecule has 0 bridgehead atoms. The van der Waals surface area contributed by atoms with E-state index in [0.717, 1.165) is 29.3 Å². The van der Waals surface area contributed by atoms with Crippen LogP contribution < -0.4 is 10.4 Å². The number of amides is 1. The maximum absolute atomic E-state index is 12.5. The molecule has 2 aromatic carbocycles. The highest BCUT2D eigenvalue weighted by atomic mass is 16.4. The molecule has 1 fully saturated rings. The molecule has 2 aromatic rings. The van der Waals surface area contributed by atoms with Gasteiger partial charge in [-0.1, -0.05) is 49.2 Å². The van der Waals surface area contributed by atoms with Crippen molar-refractivity contribution >= 4 is 28.3 Å². The van der Waals surface area contributed by atoms with Crippen molar-refractivity contribution in [2.24, 2.45) is 11.8 Å². The first-order valence-corrected chi connectivity index (χ1v) is 7.66. The Bertz CT molecular complexity index is 705. The molecule has 22 heavy (non-hydrogen) atoms. The molecule has 1 saturated carbocycles. The summed E-state index contributed by atoms with van der Waals surface area (Å²) >= 11 is 0. The molecule has 114 valence electrons. The number of hydrogen-bond donors (Lipinski definition) is 1. The van der Waals surface area contributed by atoms with Crippen LogP contribution in [0, 0.1) is 11.8 Å². The number of carboxylic acid groups (broad SMARTS) is 1. The third kappa shape index (κ3) is 2.82. The lowest BCUT2D eigenvalue weighted by atomic mass is 9.78. The molecule has 1 aliphatic carbocycles. The van der Waals surface area contributed by atoms with Gasteiger partial charge in [0.15, 0.2) is 0 Å². The SMILES string of the molecule is O=C([O-])[C@@H]1CCCC[C@H]1C(=O)Nc1cccc2ccccc12. The first-order valence-electron chi connectivity index (χ1n) is 7.66. The Morgan fingerprint density at radius 3 is 2.41 bits per heavy atom. The van der Waals surface area contributed by atoms with Crippen molar-refractivity contribution in [1.29, 1.82) is 0 Å². The first kappa shape index (κ1) is 14.6. The van der Waals surface area contributed by atoms with Crippen LogP contribution >= 0.6 is 0 Å². The molecule has 0 heterocycles. The molecule has 1 amide bonds. The predicted molar refractivity (Wildman–Crippen MR) is 83.0 cm³/mol. The minimum Gasteiger partial charge on any atom is -0.550 e. The van der Waals surface area contributed by atoms with E-state index in [9.17, 15) is 14.7 Å². The van der Waals surface area contributed by atoms with Gasteiger partial charge in [0, 0.05) is 28.9 Å². The fraction of sp³-hybridized carbons (Fsp3) is 0.333. The van der Waals surface area contributed by atoms with Gasteiger partial charge in [0.05, 0.1) is 0 Å². The Kier molecular flexibility index (Phi) is 4.09. The Morgan fingerprint density at radius 1 is 0.955 bits per heavy atom. The van der Waals surface area contributed by atoms with E-state index in [-0.39, 0.29) is 5.91 Å². The highest BCUT2D eigenvalue weighted by molar-refractivity contribution is 6.03. The maximum atomic E-state index is 12.5. The van der Waals surface area contributed by atoms with Crippen LogP contribution in [-0.4, -0.2) is 11.9 Å². The molecule has 0 radical (unpaired) electrons. The van der Waals surface area contributed by atoms with Crippen molar-refractivity contribution in [3.05, 3.63) is 42.5 Å². The summed E-state index contributed by atoms with van der Waals surface area (Å²) in [7, 11) is 0. The minimum absolute atomic E-state index is 0.217. The normalized spacial score (nSPS) is 21.5. The van der Waals surface area contributed by atoms with Crippen molar-refractivity contribution in [3.63, 3.8) is 0 Å². The topological polar surface area (TPSA) is 69.2 Å². The molecule has 4 heteroatoms. The summed E-state index contributed by atoms with van der Waals surface area (Å²) in [6.07, 6.45) is 2.86. The standard InChI is InChI=1S/C18H19NO3/c20-17(14-9-3-4-10-15(14)18(21)22)19-16-11-5-7-12-6-1-2-8-13(12)16/h1-2,5-8,11,14-15H,3-4,9-10H2,(H,19,20)(H,21,22)/p-1/t14-,15-/m1/s1. The molecule has 3 rings (SSSR count). The van der Waals surface area contributed by atoms with Crippen LogP contribution in [0.15, 0.2) is 42.5 Å². The van der Waals surface area contributed by atoms with Crippen molar-refractivity contribution in [3.8, 4) is 0 Å². The molecule has 1 N–H and O–H groups in total. The van der Waals surface area contributed by atoms with E-state index in [0.29, 0.717) is 12.8 Å². The Morgan fingerprint density at radius 2 is 1.64 bits per heavy atom. The smallest absolute Gasteiger partial charge is 0.228 e. The summed E-state index contributed by atoms with van der Waals surface area (Å²) in [6.45, 7) is 0. The average Bonchev–Trinajstić information content (AvgIpc) is 2.55. The van der Waals surface area contributed by atoms with Gasteiger partial charge in [-0.15, -0.1) is 0 Å². The molecule has 0 aromatic heterocycles. The second kappa shape index (κ2) is 6.18. The van der Waals surface area contributed by atoms with Crippen molar-refractivity contribution < 1.29 is 14.7 Å². The average molecular weight is 296 g/mol. The fourth-order valence-corrected chi connectivity index (χ4v) is 3.29. The van der Waals surface area contributed by atoms with Gasteiger partial charge in [0.25, 0.3) is 0 Å². The lowest BCUT2D eigenvalue weighted by Gasteiger charge is -2.31. The summed E-state index contributed by atoms with van der Waals surface area (Å²) < 4.78 is 0. The molecule has 0 unspecified atom stereocenters. The molecule has 1 aliphatic rings. The molecule has 0 saturated heterocycles. The molecule has 2 atom stereocenters. The van der Waals surface area contributed by atoms with Crippen LogP contribution in [0.25, 0.3) is 10.8 Å². The third-order valence-corrected chi connectivity index (χ3v) is 4.45. The van der Waals surface area contributed by atoms with Gasteiger partial charge >= 0.3 is 0 Å². The van der Waals surface area contributed by atoms with Gasteiger partial charge < -0.3 is 15.2 Å². The molecule has 0 spiro atoms. The van der Waals surface area contributed by atoms with Crippen LogP contribution in [0.4, 0.5) is 5.69 Å². The highest BCUT2D eigenvalue weighted by Gasteiger charge is 2.31. The minimum atomic E-state index is -1.11. The largest absolute Gasteiger partial charge is 0.550 e. The van der Waals surface area contributed by atoms with Crippen molar-refractivity contribution in [2.75, 3.05) is 5.32 Å². The maximum Gasteiger partial charge on any atom is 0.228 e. The van der Waals surface area contributed by atoms with E-state index in [4.69, 9.17) is 0 Å². The number of carboxylic acids is 1. The van der Waals surface area contributed by atoms with E-state index >= 15 is 0 Å². The quantitative estimate of drug-likeness (QED) is 0.945. The third-order valence-electron chi connectivity index (χ3n) is 4.45. The number of anilines is 1. The number of hydrogen-bond acceptors (Lipinski definition) is 3. The zero-order valence-corrected chi connectivity index (χ0v) is 12.2. The summed E-state index contributed by atoms with van der Waals surface area (Å²) in [5.41, 5.74) is 0.728. The molecular formula is C18H18NO3-. The summed E-state index contributed by atoms with van der Waals surface area (Å²) in [4.78, 5) is 23.8. The number of rotatable bonds is 3. The second-order valence-corrected chi connectivity index (χ2v) is 5.83. The number of aliphatic carboxylic acids is 1. The van der Waals surface area contributed by atoms with E-state index in [1.807, 2.05) is 42.5 Å². The van der Waals surface area contributed by atoms with Crippen LogP contribution in [0.5, 0.6) is 0 Å². The van der Waals surface area contributed by atoms with Crippen molar-refractivity contribution in [2.45, 2.75) is 25.7 Å². The summed E-state index contributed by atoms with van der Waals surface area (Å²) in [5.74, 6) is -2.51. The van der Waals surface area contributed by atoms with Crippen LogP contribution in [-0.2, 0) is 9.59 Å². The summed E-state index contributed by atoms with van der Waals surface area (Å²) in [6, 6.07) is 13.5. The number of carbonyl (C=O) groups excluding carboxylic acids is 2. The highest BCUT2D eigenvalue weighted by Crippen LogP contribution is 2.31. The second-order valence-electron chi connectivity index (χ2n) is 5.83. The predicted octanol–water partition coefficient (Wildman–Crippen LogP) is 2.33. The fourth-order valence-electron chi connectivity index (χ4n) is 3.29. The van der Waals surface area contributed by atoms with Gasteiger partial charge in [-0.25, -0.2) is 0 Å². The summed E-state index contributed by atoms with van der Waals surface area (Å²) in [5, 5.41) is 16.2. The van der Waals surface area contributed by atoms with Gasteiger partial charge in [0.1, 0.15) is 0 Å². The number of fused-ring (bicyclic) bond motifs is 1. The monoisotopic (exact) mass is 296 g/mol. The number of benzene rings is 2. The molecule has 0 aliphatic heterocycles. The van der Waals surface area contributed by atoms with E-state index < -0.39 is 17.8 Å². The Labute approximate surface area is 129 Å². The Hall–Kier alpha value is -2.36. The van der Waals surface area contributed by atoms with E-state index in [1.54, 1.807) is 0 Å². The van der Waals surface area contributed by atoms with Gasteiger partial charge in [0.2, 0.25) is 5.91 Å². The number of carbonyl (C=O) groups is 2. The Balaban J connectivity index is 1.85. The first-order chi connectivity index (χ1) is 10.7. The van der Waals surface area contributed by atoms with Crippen LogP contribution in [0.1, 0.15) is 25.7 Å². The van der Waals surface area contributed by atoms with Crippen molar-refractivity contribution in [1.82, 2.24) is 0 Å².